The van der Waals surface area contributed by atoms with Gasteiger partial charge in [-0.3, -0.25) is 4.99 Å². The number of rotatable bonds is 9. The summed E-state index contributed by atoms with van der Waals surface area (Å²) in [6.45, 7) is 4.58. The lowest BCUT2D eigenvalue weighted by atomic mass is 10.1. The van der Waals surface area contributed by atoms with Crippen LogP contribution in [0.1, 0.15) is 25.3 Å². The van der Waals surface area contributed by atoms with Crippen LogP contribution in [0, 0.1) is 5.92 Å². The van der Waals surface area contributed by atoms with Crippen molar-refractivity contribution in [2.24, 2.45) is 10.9 Å². The van der Waals surface area contributed by atoms with Crippen molar-refractivity contribution in [2.75, 3.05) is 41.0 Å². The van der Waals surface area contributed by atoms with Gasteiger partial charge in [-0.05, 0) is 32.1 Å². The number of nitrogens with zero attached hydrogens (tertiary/aromatic N) is 1. The van der Waals surface area contributed by atoms with Gasteiger partial charge in [0.25, 0.3) is 0 Å². The summed E-state index contributed by atoms with van der Waals surface area (Å²) in [6.07, 6.45) is 3.39. The Morgan fingerprint density at radius 3 is 2.25 bits per heavy atom. The molecule has 24 heavy (non-hydrogen) atoms. The highest BCUT2D eigenvalue weighted by Gasteiger charge is 2.20. The Bertz CT molecular complexity index is 531. The van der Waals surface area contributed by atoms with Crippen molar-refractivity contribution in [1.29, 1.82) is 0 Å². The molecule has 0 aliphatic heterocycles. The van der Waals surface area contributed by atoms with Gasteiger partial charge in [-0.2, -0.15) is 0 Å². The molecule has 6 heteroatoms. The number of ether oxygens (including phenoxy) is 3. The van der Waals surface area contributed by atoms with Crippen LogP contribution in [-0.2, 0) is 6.42 Å². The van der Waals surface area contributed by atoms with Gasteiger partial charge in [0.05, 0.1) is 21.3 Å². The topological polar surface area (TPSA) is 64.1 Å². The second kappa shape index (κ2) is 9.25. The monoisotopic (exact) mass is 335 g/mol. The number of hydrogen-bond acceptors (Lipinski definition) is 4. The zero-order valence-electron chi connectivity index (χ0n) is 15.1. The Kier molecular flexibility index (Phi) is 7.03. The Hall–Kier alpha value is -2.11. The summed E-state index contributed by atoms with van der Waals surface area (Å²) >= 11 is 0. The normalized spacial score (nSPS) is 14.2. The predicted octanol–water partition coefficient (Wildman–Crippen LogP) is 2.22. The number of benzene rings is 1. The second-order valence-electron chi connectivity index (χ2n) is 5.85. The Morgan fingerprint density at radius 2 is 1.75 bits per heavy atom. The summed E-state index contributed by atoms with van der Waals surface area (Å²) in [5.41, 5.74) is 1.02. The van der Waals surface area contributed by atoms with Gasteiger partial charge in [0.2, 0.25) is 0 Å². The van der Waals surface area contributed by atoms with Gasteiger partial charge in [-0.15, -0.1) is 0 Å². The average molecular weight is 335 g/mol. The molecule has 0 radical (unpaired) electrons. The molecule has 1 saturated carbocycles. The zero-order chi connectivity index (χ0) is 17.4. The van der Waals surface area contributed by atoms with Gasteiger partial charge in [0.1, 0.15) is 17.2 Å². The number of nitrogens with one attached hydrogen (secondary N) is 2. The molecule has 0 unspecified atom stereocenters. The lowest BCUT2D eigenvalue weighted by Crippen LogP contribution is -2.38. The average Bonchev–Trinajstić information content (AvgIpc) is 3.43. The Morgan fingerprint density at radius 1 is 1.08 bits per heavy atom. The molecule has 2 rings (SSSR count). The summed E-state index contributed by atoms with van der Waals surface area (Å²) < 4.78 is 16.3. The van der Waals surface area contributed by atoms with E-state index in [-0.39, 0.29) is 0 Å². The van der Waals surface area contributed by atoms with E-state index < -0.39 is 0 Å². The first-order chi connectivity index (χ1) is 11.7. The van der Waals surface area contributed by atoms with E-state index in [0.29, 0.717) is 0 Å². The number of aliphatic imine (C=N–C) groups is 1. The van der Waals surface area contributed by atoms with Crippen molar-refractivity contribution < 1.29 is 14.2 Å². The quantitative estimate of drug-likeness (QED) is 0.535. The molecule has 0 aromatic heterocycles. The fourth-order valence-corrected chi connectivity index (χ4v) is 2.49. The summed E-state index contributed by atoms with van der Waals surface area (Å²) in [7, 11) is 4.95. The van der Waals surface area contributed by atoms with Gasteiger partial charge in [0, 0.05) is 37.3 Å². The summed E-state index contributed by atoms with van der Waals surface area (Å²) in [4.78, 5) is 4.63. The first kappa shape index (κ1) is 18.2. The van der Waals surface area contributed by atoms with Crippen molar-refractivity contribution in [3.05, 3.63) is 17.7 Å². The molecule has 1 aromatic rings. The lowest BCUT2D eigenvalue weighted by Gasteiger charge is -2.16. The molecule has 6 nitrogen and oxygen atoms in total. The van der Waals surface area contributed by atoms with Gasteiger partial charge < -0.3 is 24.8 Å². The van der Waals surface area contributed by atoms with Crippen LogP contribution in [0.3, 0.4) is 0 Å². The minimum Gasteiger partial charge on any atom is -0.496 e. The fourth-order valence-electron chi connectivity index (χ4n) is 2.49. The minimum atomic E-state index is 0.722. The molecule has 2 N–H and O–H groups in total. The fraction of sp³-hybridized carbons (Fsp3) is 0.611. The summed E-state index contributed by atoms with van der Waals surface area (Å²) in [5.74, 6) is 3.92. The van der Waals surface area contributed by atoms with E-state index in [1.807, 2.05) is 12.1 Å². The maximum absolute atomic E-state index is 5.49. The van der Waals surface area contributed by atoms with Crippen molar-refractivity contribution in [3.63, 3.8) is 0 Å². The SMILES string of the molecule is CCNC(=NCC1CC1)NCCc1c(OC)cc(OC)cc1OC. The minimum absolute atomic E-state index is 0.722. The third kappa shape index (κ3) is 5.22. The molecule has 0 amide bonds. The molecule has 0 saturated heterocycles. The molecule has 0 heterocycles. The van der Waals surface area contributed by atoms with E-state index in [1.165, 1.54) is 12.8 Å². The molecule has 134 valence electrons. The largest absolute Gasteiger partial charge is 0.496 e. The molecular weight excluding hydrogens is 306 g/mol. The molecule has 1 aliphatic rings. The van der Waals surface area contributed by atoms with Crippen LogP contribution in [0.2, 0.25) is 0 Å². The van der Waals surface area contributed by atoms with Crippen LogP contribution in [0.5, 0.6) is 17.2 Å². The smallest absolute Gasteiger partial charge is 0.191 e. The van der Waals surface area contributed by atoms with Crippen molar-refractivity contribution >= 4 is 5.96 Å². The van der Waals surface area contributed by atoms with Crippen LogP contribution in [-0.4, -0.2) is 46.9 Å². The standard InChI is InChI=1S/C18H29N3O3/c1-5-19-18(21-12-13-6-7-13)20-9-8-15-16(23-3)10-14(22-2)11-17(15)24-4/h10-11,13H,5-9,12H2,1-4H3,(H2,19,20,21). The molecule has 1 aromatic carbocycles. The molecule has 0 spiro atoms. The van der Waals surface area contributed by atoms with Crippen LogP contribution in [0.4, 0.5) is 0 Å². The van der Waals surface area contributed by atoms with Gasteiger partial charge in [-0.25, -0.2) is 0 Å². The van der Waals surface area contributed by atoms with E-state index in [1.54, 1.807) is 21.3 Å². The van der Waals surface area contributed by atoms with E-state index in [9.17, 15) is 0 Å². The highest BCUT2D eigenvalue weighted by molar-refractivity contribution is 5.79. The first-order valence-corrected chi connectivity index (χ1v) is 8.52. The zero-order valence-corrected chi connectivity index (χ0v) is 15.1. The predicted molar refractivity (Wildman–Crippen MR) is 96.5 cm³/mol. The van der Waals surface area contributed by atoms with Gasteiger partial charge in [0.15, 0.2) is 5.96 Å². The molecule has 1 fully saturated rings. The van der Waals surface area contributed by atoms with Crippen molar-refractivity contribution in [1.82, 2.24) is 10.6 Å². The maximum Gasteiger partial charge on any atom is 0.191 e. The molecule has 0 bridgehead atoms. The van der Waals surface area contributed by atoms with E-state index >= 15 is 0 Å². The van der Waals surface area contributed by atoms with Crippen LogP contribution < -0.4 is 24.8 Å². The number of hydrogen-bond donors (Lipinski definition) is 2. The van der Waals surface area contributed by atoms with Gasteiger partial charge >= 0.3 is 0 Å². The third-order valence-electron chi connectivity index (χ3n) is 4.03. The summed E-state index contributed by atoms with van der Waals surface area (Å²) in [5, 5.41) is 6.66. The van der Waals surface area contributed by atoms with Crippen LogP contribution in [0.25, 0.3) is 0 Å². The Balaban J connectivity index is 1.99. The van der Waals surface area contributed by atoms with E-state index in [2.05, 4.69) is 22.5 Å². The molecule has 1 aliphatic carbocycles. The van der Waals surface area contributed by atoms with E-state index in [4.69, 9.17) is 14.2 Å². The van der Waals surface area contributed by atoms with Crippen molar-refractivity contribution in [3.8, 4) is 17.2 Å². The maximum atomic E-state index is 5.49. The van der Waals surface area contributed by atoms with Gasteiger partial charge in [-0.1, -0.05) is 0 Å². The first-order valence-electron chi connectivity index (χ1n) is 8.52. The highest BCUT2D eigenvalue weighted by Crippen LogP contribution is 2.34. The summed E-state index contributed by atoms with van der Waals surface area (Å²) in [6, 6.07) is 3.76. The molecular formula is C18H29N3O3. The number of guanidine groups is 1. The van der Waals surface area contributed by atoms with Crippen LogP contribution >= 0.6 is 0 Å². The van der Waals surface area contributed by atoms with Crippen LogP contribution in [0.15, 0.2) is 17.1 Å². The highest BCUT2D eigenvalue weighted by atomic mass is 16.5. The second-order valence-corrected chi connectivity index (χ2v) is 5.85. The number of methoxy groups -OCH3 is 3. The molecule has 0 atom stereocenters. The third-order valence-corrected chi connectivity index (χ3v) is 4.03. The lowest BCUT2D eigenvalue weighted by molar-refractivity contribution is 0.368. The van der Waals surface area contributed by atoms with Crippen molar-refractivity contribution in [2.45, 2.75) is 26.2 Å². The Labute approximate surface area is 144 Å². The van der Waals surface area contributed by atoms with E-state index in [0.717, 1.165) is 60.7 Å².